The van der Waals surface area contributed by atoms with Crippen LogP contribution in [-0.4, -0.2) is 13.1 Å². The van der Waals surface area contributed by atoms with Gasteiger partial charge in [0.05, 0.1) is 18.6 Å². The predicted octanol–water partition coefficient (Wildman–Crippen LogP) is 2.96. The SMILES string of the molecule is COC(=O)Cc1cc(F)cc(Br)c1Cl. The van der Waals surface area contributed by atoms with Crippen molar-refractivity contribution in [2.75, 3.05) is 7.11 Å². The topological polar surface area (TPSA) is 26.3 Å². The molecule has 0 radical (unpaired) electrons. The van der Waals surface area contributed by atoms with Crippen molar-refractivity contribution < 1.29 is 13.9 Å². The van der Waals surface area contributed by atoms with E-state index in [1.807, 2.05) is 0 Å². The Labute approximate surface area is 94.1 Å². The summed E-state index contributed by atoms with van der Waals surface area (Å²) < 4.78 is 17.8. The van der Waals surface area contributed by atoms with Crippen molar-refractivity contribution in [2.45, 2.75) is 6.42 Å². The van der Waals surface area contributed by atoms with Crippen molar-refractivity contribution in [3.63, 3.8) is 0 Å². The smallest absolute Gasteiger partial charge is 0.310 e. The van der Waals surface area contributed by atoms with Gasteiger partial charge in [-0.1, -0.05) is 11.6 Å². The highest BCUT2D eigenvalue weighted by molar-refractivity contribution is 9.10. The number of esters is 1. The molecule has 0 aliphatic carbocycles. The Kier molecular flexibility index (Phi) is 3.89. The second-order valence-electron chi connectivity index (χ2n) is 2.61. The molecule has 0 N–H and O–H groups in total. The molecule has 0 saturated heterocycles. The summed E-state index contributed by atoms with van der Waals surface area (Å²) in [6.45, 7) is 0. The average Bonchev–Trinajstić information content (AvgIpc) is 2.13. The molecule has 1 aromatic carbocycles. The van der Waals surface area contributed by atoms with Gasteiger partial charge in [-0.05, 0) is 33.6 Å². The lowest BCUT2D eigenvalue weighted by atomic mass is 10.1. The average molecular weight is 282 g/mol. The minimum atomic E-state index is -0.454. The fourth-order valence-corrected chi connectivity index (χ4v) is 1.61. The van der Waals surface area contributed by atoms with Crippen LogP contribution >= 0.6 is 27.5 Å². The van der Waals surface area contributed by atoms with E-state index >= 15 is 0 Å². The fraction of sp³-hybridized carbons (Fsp3) is 0.222. The molecule has 0 saturated carbocycles. The van der Waals surface area contributed by atoms with Crippen LogP contribution in [0.5, 0.6) is 0 Å². The molecule has 1 aromatic rings. The maximum Gasteiger partial charge on any atom is 0.310 e. The van der Waals surface area contributed by atoms with Gasteiger partial charge in [-0.15, -0.1) is 0 Å². The Bertz CT molecular complexity index is 368. The molecular weight excluding hydrogens is 274 g/mol. The first-order chi connectivity index (χ1) is 6.54. The Morgan fingerprint density at radius 2 is 2.29 bits per heavy atom. The third-order valence-electron chi connectivity index (χ3n) is 1.63. The third-order valence-corrected chi connectivity index (χ3v) is 2.93. The first kappa shape index (κ1) is 11.5. The van der Waals surface area contributed by atoms with Crippen molar-refractivity contribution in [1.29, 1.82) is 0 Å². The standard InChI is InChI=1S/C9H7BrClFO2/c1-14-8(13)3-5-2-6(12)4-7(10)9(5)11/h2,4H,3H2,1H3. The maximum atomic E-state index is 12.9. The van der Waals surface area contributed by atoms with Gasteiger partial charge in [0.25, 0.3) is 0 Å². The van der Waals surface area contributed by atoms with Gasteiger partial charge >= 0.3 is 5.97 Å². The minimum Gasteiger partial charge on any atom is -0.469 e. The van der Waals surface area contributed by atoms with E-state index in [0.29, 0.717) is 15.1 Å². The van der Waals surface area contributed by atoms with E-state index in [4.69, 9.17) is 11.6 Å². The summed E-state index contributed by atoms with van der Waals surface area (Å²) in [7, 11) is 1.27. The molecule has 0 atom stereocenters. The van der Waals surface area contributed by atoms with Gasteiger partial charge in [-0.3, -0.25) is 4.79 Å². The van der Waals surface area contributed by atoms with E-state index in [2.05, 4.69) is 20.7 Å². The molecule has 0 bridgehead atoms. The molecule has 0 spiro atoms. The van der Waals surface area contributed by atoms with Crippen LogP contribution < -0.4 is 0 Å². The Balaban J connectivity index is 3.02. The van der Waals surface area contributed by atoms with Crippen molar-refractivity contribution >= 4 is 33.5 Å². The van der Waals surface area contributed by atoms with Gasteiger partial charge in [0.2, 0.25) is 0 Å². The van der Waals surface area contributed by atoms with E-state index in [-0.39, 0.29) is 6.42 Å². The summed E-state index contributed by atoms with van der Waals surface area (Å²) in [5.41, 5.74) is 0.408. The monoisotopic (exact) mass is 280 g/mol. The Morgan fingerprint density at radius 3 is 2.86 bits per heavy atom. The highest BCUT2D eigenvalue weighted by Crippen LogP contribution is 2.27. The summed E-state index contributed by atoms with van der Waals surface area (Å²) in [4.78, 5) is 10.9. The number of benzene rings is 1. The Hall–Kier alpha value is -0.610. The second-order valence-corrected chi connectivity index (χ2v) is 3.85. The molecule has 0 amide bonds. The second kappa shape index (κ2) is 4.75. The molecular formula is C9H7BrClFO2. The first-order valence-corrected chi connectivity index (χ1v) is 4.92. The highest BCUT2D eigenvalue weighted by Gasteiger charge is 2.11. The number of rotatable bonds is 2. The molecule has 5 heteroatoms. The number of hydrogen-bond acceptors (Lipinski definition) is 2. The molecule has 14 heavy (non-hydrogen) atoms. The van der Waals surface area contributed by atoms with Gasteiger partial charge in [0, 0.05) is 4.47 Å². The number of halogens is 3. The number of carbonyl (C=O) groups is 1. The molecule has 0 aliphatic rings. The van der Waals surface area contributed by atoms with E-state index in [1.165, 1.54) is 19.2 Å². The Morgan fingerprint density at radius 1 is 1.64 bits per heavy atom. The molecule has 0 heterocycles. The van der Waals surface area contributed by atoms with Crippen LogP contribution in [0.25, 0.3) is 0 Å². The first-order valence-electron chi connectivity index (χ1n) is 3.75. The third kappa shape index (κ3) is 2.69. The van der Waals surface area contributed by atoms with Crippen molar-refractivity contribution in [3.05, 3.63) is 33.0 Å². The zero-order valence-electron chi connectivity index (χ0n) is 7.31. The van der Waals surface area contributed by atoms with Crippen LogP contribution in [0.2, 0.25) is 5.02 Å². The zero-order chi connectivity index (χ0) is 10.7. The number of hydrogen-bond donors (Lipinski definition) is 0. The molecule has 1 rings (SSSR count). The lowest BCUT2D eigenvalue weighted by molar-refractivity contribution is -0.139. The van der Waals surface area contributed by atoms with E-state index in [9.17, 15) is 9.18 Å². The molecule has 0 unspecified atom stereocenters. The van der Waals surface area contributed by atoms with E-state index in [0.717, 1.165) is 0 Å². The van der Waals surface area contributed by atoms with Crippen LogP contribution in [0.1, 0.15) is 5.56 Å². The summed E-state index contributed by atoms with van der Waals surface area (Å²) in [6, 6.07) is 2.45. The lowest BCUT2D eigenvalue weighted by Gasteiger charge is -2.04. The van der Waals surface area contributed by atoms with Gasteiger partial charge in [0.15, 0.2) is 0 Å². The normalized spacial score (nSPS) is 10.0. The molecule has 2 nitrogen and oxygen atoms in total. The summed E-state index contributed by atoms with van der Waals surface area (Å²) >= 11 is 8.93. The van der Waals surface area contributed by atoms with Crippen molar-refractivity contribution in [3.8, 4) is 0 Å². The van der Waals surface area contributed by atoms with Gasteiger partial charge in [-0.2, -0.15) is 0 Å². The summed E-state index contributed by atoms with van der Waals surface area (Å²) in [5, 5.41) is 0.330. The molecule has 0 aliphatic heterocycles. The lowest BCUT2D eigenvalue weighted by Crippen LogP contribution is -2.05. The van der Waals surface area contributed by atoms with Crippen molar-refractivity contribution in [2.24, 2.45) is 0 Å². The fourth-order valence-electron chi connectivity index (χ4n) is 0.966. The van der Waals surface area contributed by atoms with Crippen LogP contribution in [0.4, 0.5) is 4.39 Å². The largest absolute Gasteiger partial charge is 0.469 e. The van der Waals surface area contributed by atoms with Crippen molar-refractivity contribution in [1.82, 2.24) is 0 Å². The molecule has 0 aromatic heterocycles. The van der Waals surface area contributed by atoms with Crippen LogP contribution in [0.3, 0.4) is 0 Å². The van der Waals surface area contributed by atoms with E-state index < -0.39 is 11.8 Å². The molecule has 76 valence electrons. The predicted molar refractivity (Wildman–Crippen MR) is 54.8 cm³/mol. The quantitative estimate of drug-likeness (QED) is 0.615. The summed E-state index contributed by atoms with van der Waals surface area (Å²) in [5.74, 6) is -0.899. The minimum absolute atomic E-state index is 0.0360. The zero-order valence-corrected chi connectivity index (χ0v) is 9.65. The number of methoxy groups -OCH3 is 1. The number of carbonyl (C=O) groups excluding carboxylic acids is 1. The van der Waals surface area contributed by atoms with Gasteiger partial charge in [-0.25, -0.2) is 4.39 Å². The van der Waals surface area contributed by atoms with Crippen LogP contribution in [0, 0.1) is 5.82 Å². The maximum absolute atomic E-state index is 12.9. The molecule has 0 fully saturated rings. The van der Waals surface area contributed by atoms with Crippen LogP contribution in [0.15, 0.2) is 16.6 Å². The van der Waals surface area contributed by atoms with Gasteiger partial charge < -0.3 is 4.74 Å². The number of ether oxygens (including phenoxy) is 1. The van der Waals surface area contributed by atoms with E-state index in [1.54, 1.807) is 0 Å². The van der Waals surface area contributed by atoms with Crippen LogP contribution in [-0.2, 0) is 16.0 Å². The summed E-state index contributed by atoms with van der Waals surface area (Å²) in [6.07, 6.45) is -0.0360. The van der Waals surface area contributed by atoms with Gasteiger partial charge in [0.1, 0.15) is 5.82 Å². The highest BCUT2D eigenvalue weighted by atomic mass is 79.9.